The molecular weight excluding hydrogens is 240 g/mol. The van der Waals surface area contributed by atoms with Gasteiger partial charge in [0.15, 0.2) is 0 Å². The highest BCUT2D eigenvalue weighted by molar-refractivity contribution is 5.81. The second kappa shape index (κ2) is 8.54. The lowest BCUT2D eigenvalue weighted by Crippen LogP contribution is -2.51. The molecule has 4 heteroatoms. The molecule has 4 nitrogen and oxygen atoms in total. The van der Waals surface area contributed by atoms with E-state index in [9.17, 15) is 4.79 Å². The molecule has 1 rings (SSSR count). The molecule has 1 saturated heterocycles. The zero-order valence-electron chi connectivity index (χ0n) is 12.9. The molecule has 112 valence electrons. The summed E-state index contributed by atoms with van der Waals surface area (Å²) in [4.78, 5) is 14.2. The zero-order chi connectivity index (χ0) is 14.3. The smallest absolute Gasteiger partial charge is 0.239 e. The van der Waals surface area contributed by atoms with Gasteiger partial charge in [-0.15, -0.1) is 0 Å². The molecule has 19 heavy (non-hydrogen) atoms. The first-order valence-corrected chi connectivity index (χ1v) is 7.71. The highest BCUT2D eigenvalue weighted by Crippen LogP contribution is 2.13. The van der Waals surface area contributed by atoms with Crippen LogP contribution in [0.4, 0.5) is 0 Å². The molecule has 0 aliphatic carbocycles. The van der Waals surface area contributed by atoms with E-state index >= 15 is 0 Å². The summed E-state index contributed by atoms with van der Waals surface area (Å²) in [6.07, 6.45) is 3.42. The van der Waals surface area contributed by atoms with E-state index in [1.165, 1.54) is 6.42 Å². The van der Waals surface area contributed by atoms with Gasteiger partial charge in [-0.05, 0) is 25.7 Å². The predicted octanol–water partition coefficient (Wildman–Crippen LogP) is 2.04. The van der Waals surface area contributed by atoms with Crippen LogP contribution in [0.2, 0.25) is 0 Å². The van der Waals surface area contributed by atoms with Crippen LogP contribution in [0.15, 0.2) is 0 Å². The van der Waals surface area contributed by atoms with E-state index < -0.39 is 0 Å². The third-order valence-electron chi connectivity index (χ3n) is 4.06. The lowest BCUT2D eigenvalue weighted by molar-refractivity contribution is -0.137. The molecule has 1 heterocycles. The predicted molar refractivity (Wildman–Crippen MR) is 78.1 cm³/mol. The first-order chi connectivity index (χ1) is 9.08. The molecule has 0 aromatic carbocycles. The molecule has 0 radical (unpaired) electrons. The quantitative estimate of drug-likeness (QED) is 0.770. The number of carbonyl (C=O) groups is 1. The van der Waals surface area contributed by atoms with Gasteiger partial charge in [0.05, 0.1) is 19.3 Å². The Bertz CT molecular complexity index is 265. The number of hydrogen-bond donors (Lipinski definition) is 1. The van der Waals surface area contributed by atoms with Crippen LogP contribution in [-0.4, -0.2) is 49.2 Å². The number of morpholine rings is 1. The van der Waals surface area contributed by atoms with Crippen molar-refractivity contribution in [2.24, 2.45) is 5.92 Å². The maximum Gasteiger partial charge on any atom is 0.239 e. The summed E-state index contributed by atoms with van der Waals surface area (Å²) in [5, 5.41) is 3.50. The van der Waals surface area contributed by atoms with E-state index in [-0.39, 0.29) is 11.9 Å². The summed E-state index contributed by atoms with van der Waals surface area (Å²) in [5.41, 5.74) is 0. The minimum absolute atomic E-state index is 0.0906. The molecule has 1 N–H and O–H groups in total. The summed E-state index contributed by atoms with van der Waals surface area (Å²) in [6.45, 7) is 11.5. The van der Waals surface area contributed by atoms with Crippen molar-refractivity contribution in [3.63, 3.8) is 0 Å². The normalized spacial score (nSPS) is 20.9. The van der Waals surface area contributed by atoms with Crippen molar-refractivity contribution < 1.29 is 9.53 Å². The Kier molecular flexibility index (Phi) is 7.39. The number of nitrogens with zero attached hydrogens (tertiary/aromatic N) is 1. The van der Waals surface area contributed by atoms with Crippen molar-refractivity contribution in [3.05, 3.63) is 0 Å². The molecule has 3 atom stereocenters. The molecule has 0 spiro atoms. The minimum atomic E-state index is -0.0906. The number of carbonyl (C=O) groups excluding carboxylic acids is 1. The highest BCUT2D eigenvalue weighted by Gasteiger charge is 2.24. The molecule has 1 aliphatic rings. The third kappa shape index (κ3) is 5.49. The topological polar surface area (TPSA) is 41.6 Å². The second-order valence-electron chi connectivity index (χ2n) is 5.68. The van der Waals surface area contributed by atoms with Crippen molar-refractivity contribution in [1.82, 2.24) is 10.2 Å². The fourth-order valence-electron chi connectivity index (χ4n) is 2.49. The summed E-state index contributed by atoms with van der Waals surface area (Å²) in [6, 6.07) is 0.349. The molecule has 1 amide bonds. The molecule has 0 bridgehead atoms. The Balaban J connectivity index is 2.42. The SMILES string of the molecule is CCC(C)CC(CC)NC(C)C(=O)N1CCOCC1. The summed E-state index contributed by atoms with van der Waals surface area (Å²) < 4.78 is 5.28. The van der Waals surface area contributed by atoms with Crippen molar-refractivity contribution in [1.29, 1.82) is 0 Å². The lowest BCUT2D eigenvalue weighted by atomic mass is 9.97. The molecule has 3 unspecified atom stereocenters. The maximum atomic E-state index is 12.3. The summed E-state index contributed by atoms with van der Waals surface area (Å²) >= 11 is 0. The first-order valence-electron chi connectivity index (χ1n) is 7.71. The summed E-state index contributed by atoms with van der Waals surface area (Å²) in [5.74, 6) is 0.925. The lowest BCUT2D eigenvalue weighted by Gasteiger charge is -2.31. The Hall–Kier alpha value is -0.610. The van der Waals surface area contributed by atoms with Crippen LogP contribution >= 0.6 is 0 Å². The van der Waals surface area contributed by atoms with Crippen LogP contribution in [0.25, 0.3) is 0 Å². The fraction of sp³-hybridized carbons (Fsp3) is 0.933. The Labute approximate surface area is 117 Å². The first kappa shape index (κ1) is 16.4. The Morgan fingerprint density at radius 3 is 2.37 bits per heavy atom. The van der Waals surface area contributed by atoms with Gasteiger partial charge in [0.1, 0.15) is 0 Å². The van der Waals surface area contributed by atoms with Crippen molar-refractivity contribution >= 4 is 5.91 Å². The van der Waals surface area contributed by atoms with Crippen molar-refractivity contribution in [2.45, 2.75) is 59.0 Å². The maximum absolute atomic E-state index is 12.3. The molecule has 0 saturated carbocycles. The average molecular weight is 270 g/mol. The molecule has 0 aromatic rings. The van der Waals surface area contributed by atoms with Gasteiger partial charge in [-0.2, -0.15) is 0 Å². The molecular formula is C15H30N2O2. The van der Waals surface area contributed by atoms with Gasteiger partial charge >= 0.3 is 0 Å². The highest BCUT2D eigenvalue weighted by atomic mass is 16.5. The van der Waals surface area contributed by atoms with Crippen LogP contribution in [0.3, 0.4) is 0 Å². The number of ether oxygens (including phenoxy) is 1. The molecule has 1 fully saturated rings. The average Bonchev–Trinajstić information content (AvgIpc) is 2.46. The summed E-state index contributed by atoms with van der Waals surface area (Å²) in [7, 11) is 0. The van der Waals surface area contributed by atoms with E-state index in [4.69, 9.17) is 4.74 Å². The van der Waals surface area contributed by atoms with Gasteiger partial charge in [-0.25, -0.2) is 0 Å². The number of hydrogen-bond acceptors (Lipinski definition) is 3. The minimum Gasteiger partial charge on any atom is -0.378 e. The Morgan fingerprint density at radius 2 is 1.84 bits per heavy atom. The zero-order valence-corrected chi connectivity index (χ0v) is 12.9. The van der Waals surface area contributed by atoms with Crippen molar-refractivity contribution in [3.8, 4) is 0 Å². The van der Waals surface area contributed by atoms with Crippen LogP contribution in [-0.2, 0) is 9.53 Å². The van der Waals surface area contributed by atoms with Gasteiger partial charge < -0.3 is 15.0 Å². The largest absolute Gasteiger partial charge is 0.378 e. The van der Waals surface area contributed by atoms with Crippen LogP contribution in [0.1, 0.15) is 47.0 Å². The van der Waals surface area contributed by atoms with Crippen LogP contribution in [0, 0.1) is 5.92 Å². The van der Waals surface area contributed by atoms with Crippen LogP contribution < -0.4 is 5.32 Å². The number of amides is 1. The van der Waals surface area contributed by atoms with Gasteiger partial charge in [0.25, 0.3) is 0 Å². The number of rotatable bonds is 7. The van der Waals surface area contributed by atoms with Crippen molar-refractivity contribution in [2.75, 3.05) is 26.3 Å². The van der Waals surface area contributed by atoms with Gasteiger partial charge in [0, 0.05) is 19.1 Å². The van der Waals surface area contributed by atoms with Gasteiger partial charge in [0.2, 0.25) is 5.91 Å². The fourth-order valence-corrected chi connectivity index (χ4v) is 2.49. The third-order valence-corrected chi connectivity index (χ3v) is 4.06. The number of nitrogens with one attached hydrogen (secondary N) is 1. The van der Waals surface area contributed by atoms with E-state index in [1.807, 2.05) is 11.8 Å². The Morgan fingerprint density at radius 1 is 1.21 bits per heavy atom. The van der Waals surface area contributed by atoms with E-state index in [0.29, 0.717) is 25.2 Å². The van der Waals surface area contributed by atoms with E-state index in [1.54, 1.807) is 0 Å². The van der Waals surface area contributed by atoms with E-state index in [2.05, 4.69) is 26.1 Å². The second-order valence-corrected chi connectivity index (χ2v) is 5.68. The van der Waals surface area contributed by atoms with Crippen LogP contribution in [0.5, 0.6) is 0 Å². The molecule has 0 aromatic heterocycles. The van der Waals surface area contributed by atoms with Gasteiger partial charge in [-0.3, -0.25) is 4.79 Å². The van der Waals surface area contributed by atoms with E-state index in [0.717, 1.165) is 25.9 Å². The standard InChI is InChI=1S/C15H30N2O2/c1-5-12(3)11-14(6-2)16-13(4)15(18)17-7-9-19-10-8-17/h12-14,16H,5-11H2,1-4H3. The van der Waals surface area contributed by atoms with Gasteiger partial charge in [-0.1, -0.05) is 27.2 Å². The monoisotopic (exact) mass is 270 g/mol. The molecule has 1 aliphatic heterocycles.